The molecular weight excluding hydrogens is 291 g/mol. The number of hydrogen-bond acceptors (Lipinski definition) is 3. The normalized spacial score (nSPS) is 12.4. The zero-order valence-corrected chi connectivity index (χ0v) is 11.6. The first kappa shape index (κ1) is 15.5. The van der Waals surface area contributed by atoms with E-state index < -0.39 is 18.0 Å². The molecule has 0 aromatic heterocycles. The van der Waals surface area contributed by atoms with Crippen LogP contribution in [0.1, 0.15) is 12.5 Å². The monoisotopic (exact) mass is 302 g/mol. The number of rotatable bonds is 5. The first-order chi connectivity index (χ1) is 8.88. The standard InChI is InChI=1S/C13H12Cl2O4/c1-8(19-13(18)5-4-12(16)17)6-9-2-3-10(14)11(15)7-9/h2-5,7-8H,6H2,1H3,(H,16,17)/b5-4-/t8-/m0/s1. The van der Waals surface area contributed by atoms with Crippen molar-refractivity contribution < 1.29 is 19.4 Å². The minimum Gasteiger partial charge on any atom is -0.478 e. The van der Waals surface area contributed by atoms with E-state index >= 15 is 0 Å². The van der Waals surface area contributed by atoms with Crippen LogP contribution < -0.4 is 0 Å². The molecule has 0 saturated heterocycles. The lowest BCUT2D eigenvalue weighted by atomic mass is 10.1. The summed E-state index contributed by atoms with van der Waals surface area (Å²) in [6.07, 6.45) is 1.66. The van der Waals surface area contributed by atoms with Crippen molar-refractivity contribution in [3.8, 4) is 0 Å². The molecule has 1 aromatic rings. The third-order valence-corrected chi connectivity index (χ3v) is 2.93. The minimum atomic E-state index is -1.20. The van der Waals surface area contributed by atoms with Crippen LogP contribution in [-0.4, -0.2) is 23.1 Å². The Morgan fingerprint density at radius 1 is 1.32 bits per heavy atom. The SMILES string of the molecule is C[C@@H](Cc1ccc(Cl)c(Cl)c1)OC(=O)/C=C\C(=O)O. The van der Waals surface area contributed by atoms with Crippen molar-refractivity contribution in [2.75, 3.05) is 0 Å². The molecule has 0 spiro atoms. The first-order valence-electron chi connectivity index (χ1n) is 5.44. The number of carboxylic acids is 1. The van der Waals surface area contributed by atoms with Gasteiger partial charge in [0.2, 0.25) is 0 Å². The average Bonchev–Trinajstić information content (AvgIpc) is 2.31. The van der Waals surface area contributed by atoms with Crippen LogP contribution >= 0.6 is 23.2 Å². The summed E-state index contributed by atoms with van der Waals surface area (Å²) in [5.74, 6) is -1.90. The highest BCUT2D eigenvalue weighted by atomic mass is 35.5. The van der Waals surface area contributed by atoms with E-state index in [1.807, 2.05) is 0 Å². The fourth-order valence-corrected chi connectivity index (χ4v) is 1.74. The molecule has 1 N–H and O–H groups in total. The van der Waals surface area contributed by atoms with Crippen molar-refractivity contribution in [2.45, 2.75) is 19.4 Å². The van der Waals surface area contributed by atoms with Crippen LogP contribution in [0.25, 0.3) is 0 Å². The predicted molar refractivity (Wildman–Crippen MR) is 72.5 cm³/mol. The zero-order chi connectivity index (χ0) is 14.4. The van der Waals surface area contributed by atoms with E-state index in [-0.39, 0.29) is 0 Å². The van der Waals surface area contributed by atoms with Gasteiger partial charge >= 0.3 is 11.9 Å². The number of halogens is 2. The van der Waals surface area contributed by atoms with E-state index in [0.717, 1.165) is 17.7 Å². The van der Waals surface area contributed by atoms with E-state index in [1.54, 1.807) is 25.1 Å². The Labute approximate surface area is 120 Å². The third kappa shape index (κ3) is 5.77. The largest absolute Gasteiger partial charge is 0.478 e. The number of carbonyl (C=O) groups excluding carboxylic acids is 1. The Balaban J connectivity index is 2.55. The molecule has 0 aliphatic rings. The van der Waals surface area contributed by atoms with Gasteiger partial charge in [0.15, 0.2) is 0 Å². The molecular formula is C13H12Cl2O4. The van der Waals surface area contributed by atoms with Gasteiger partial charge in [-0.05, 0) is 24.6 Å². The second-order valence-corrected chi connectivity index (χ2v) is 4.69. The van der Waals surface area contributed by atoms with Crippen molar-refractivity contribution in [1.82, 2.24) is 0 Å². The van der Waals surface area contributed by atoms with Gasteiger partial charge < -0.3 is 9.84 Å². The van der Waals surface area contributed by atoms with Crippen LogP contribution in [0.2, 0.25) is 10.0 Å². The molecule has 1 aromatic carbocycles. The summed E-state index contributed by atoms with van der Waals surface area (Å²) in [5.41, 5.74) is 0.872. The van der Waals surface area contributed by atoms with Crippen molar-refractivity contribution in [3.63, 3.8) is 0 Å². The molecule has 102 valence electrons. The molecule has 0 aliphatic carbocycles. The van der Waals surface area contributed by atoms with E-state index in [0.29, 0.717) is 16.5 Å². The van der Waals surface area contributed by atoms with Crippen LogP contribution in [0.4, 0.5) is 0 Å². The molecule has 0 heterocycles. The van der Waals surface area contributed by atoms with Gasteiger partial charge in [0, 0.05) is 18.6 Å². The highest BCUT2D eigenvalue weighted by molar-refractivity contribution is 6.42. The number of carboxylic acid groups (broad SMARTS) is 1. The highest BCUT2D eigenvalue weighted by Gasteiger charge is 2.09. The van der Waals surface area contributed by atoms with Gasteiger partial charge in [-0.15, -0.1) is 0 Å². The van der Waals surface area contributed by atoms with Crippen molar-refractivity contribution in [1.29, 1.82) is 0 Å². The summed E-state index contributed by atoms with van der Waals surface area (Å²) in [5, 5.41) is 9.26. The Bertz CT molecular complexity index is 511. The molecule has 6 heteroatoms. The van der Waals surface area contributed by atoms with E-state index in [9.17, 15) is 9.59 Å². The Hall–Kier alpha value is -1.52. The lowest BCUT2D eigenvalue weighted by Crippen LogP contribution is -2.16. The molecule has 0 bridgehead atoms. The molecule has 0 radical (unpaired) electrons. The quantitative estimate of drug-likeness (QED) is 0.670. The molecule has 0 amide bonds. The summed E-state index contributed by atoms with van der Waals surface area (Å²) < 4.78 is 5.01. The van der Waals surface area contributed by atoms with Gasteiger partial charge in [-0.25, -0.2) is 9.59 Å². The van der Waals surface area contributed by atoms with Crippen LogP contribution in [0.15, 0.2) is 30.4 Å². The number of benzene rings is 1. The van der Waals surface area contributed by atoms with E-state index in [2.05, 4.69) is 0 Å². The first-order valence-corrected chi connectivity index (χ1v) is 6.19. The maximum atomic E-state index is 11.2. The van der Waals surface area contributed by atoms with Gasteiger partial charge in [-0.1, -0.05) is 29.3 Å². The second-order valence-electron chi connectivity index (χ2n) is 3.87. The number of carbonyl (C=O) groups is 2. The highest BCUT2D eigenvalue weighted by Crippen LogP contribution is 2.23. The van der Waals surface area contributed by atoms with Crippen LogP contribution in [0, 0.1) is 0 Å². The maximum Gasteiger partial charge on any atom is 0.331 e. The topological polar surface area (TPSA) is 63.6 Å². The fourth-order valence-electron chi connectivity index (χ4n) is 1.42. The smallest absolute Gasteiger partial charge is 0.331 e. The van der Waals surface area contributed by atoms with Gasteiger partial charge in [-0.3, -0.25) is 0 Å². The summed E-state index contributed by atoms with van der Waals surface area (Å²) in [4.78, 5) is 21.5. The lowest BCUT2D eigenvalue weighted by molar-refractivity contribution is -0.142. The predicted octanol–water partition coefficient (Wildman–Crippen LogP) is 3.11. The maximum absolute atomic E-state index is 11.2. The van der Waals surface area contributed by atoms with Crippen LogP contribution in [0.5, 0.6) is 0 Å². The summed E-state index contributed by atoms with van der Waals surface area (Å²) in [7, 11) is 0. The number of aliphatic carboxylic acids is 1. The lowest BCUT2D eigenvalue weighted by Gasteiger charge is -2.12. The molecule has 4 nitrogen and oxygen atoms in total. The van der Waals surface area contributed by atoms with Crippen LogP contribution in [-0.2, 0) is 20.7 Å². The molecule has 0 aliphatic heterocycles. The number of hydrogen-bond donors (Lipinski definition) is 1. The zero-order valence-electron chi connectivity index (χ0n) is 10.1. The van der Waals surface area contributed by atoms with Crippen LogP contribution in [0.3, 0.4) is 0 Å². The van der Waals surface area contributed by atoms with E-state index in [4.69, 9.17) is 33.0 Å². The Morgan fingerprint density at radius 2 is 2.00 bits per heavy atom. The fraction of sp³-hybridized carbons (Fsp3) is 0.231. The summed E-state index contributed by atoms with van der Waals surface area (Å²) in [6.45, 7) is 1.70. The van der Waals surface area contributed by atoms with Gasteiger partial charge in [0.05, 0.1) is 10.0 Å². The Morgan fingerprint density at radius 3 is 2.58 bits per heavy atom. The average molecular weight is 303 g/mol. The molecule has 1 atom stereocenters. The van der Waals surface area contributed by atoms with Gasteiger partial charge in [-0.2, -0.15) is 0 Å². The summed E-state index contributed by atoms with van der Waals surface area (Å²) in [6, 6.07) is 5.14. The number of esters is 1. The molecule has 0 saturated carbocycles. The van der Waals surface area contributed by atoms with Crippen molar-refractivity contribution >= 4 is 35.1 Å². The molecule has 1 rings (SSSR count). The second kappa shape index (κ2) is 7.16. The third-order valence-electron chi connectivity index (χ3n) is 2.19. The minimum absolute atomic E-state index is 0.400. The molecule has 19 heavy (non-hydrogen) atoms. The van der Waals surface area contributed by atoms with Gasteiger partial charge in [0.25, 0.3) is 0 Å². The van der Waals surface area contributed by atoms with Crippen molar-refractivity contribution in [3.05, 3.63) is 46.0 Å². The number of ether oxygens (including phenoxy) is 1. The van der Waals surface area contributed by atoms with Crippen molar-refractivity contribution in [2.24, 2.45) is 0 Å². The summed E-state index contributed by atoms with van der Waals surface area (Å²) >= 11 is 11.7. The van der Waals surface area contributed by atoms with Gasteiger partial charge in [0.1, 0.15) is 6.10 Å². The molecule has 0 unspecified atom stereocenters. The molecule has 0 fully saturated rings. The van der Waals surface area contributed by atoms with E-state index in [1.165, 1.54) is 0 Å². The Kier molecular flexibility index (Phi) is 5.86.